The number of carbonyl (C=O) groups is 3. The highest BCUT2D eigenvalue weighted by Gasteiger charge is 2.43. The molecule has 0 fully saturated rings. The molecule has 0 bridgehead atoms. The van der Waals surface area contributed by atoms with E-state index in [-0.39, 0.29) is 23.8 Å². The van der Waals surface area contributed by atoms with Crippen molar-refractivity contribution in [1.82, 2.24) is 5.32 Å². The normalized spacial score (nSPS) is 18.5. The molecule has 0 saturated heterocycles. The van der Waals surface area contributed by atoms with E-state index in [0.29, 0.717) is 23.4 Å². The number of unbranched alkanes of at least 4 members (excludes halogenated alkanes) is 1. The Bertz CT molecular complexity index is 1050. The zero-order valence-electron chi connectivity index (χ0n) is 21.0. The first-order chi connectivity index (χ1) is 16.5. The lowest BCUT2D eigenvalue weighted by molar-refractivity contribution is -0.384. The van der Waals surface area contributed by atoms with Gasteiger partial charge in [-0.25, -0.2) is 4.79 Å². The highest BCUT2D eigenvalue weighted by molar-refractivity contribution is 6.08. The van der Waals surface area contributed by atoms with Crippen LogP contribution in [0, 0.1) is 22.0 Å². The number of nitro benzene ring substituents is 1. The average molecular weight is 488 g/mol. The third kappa shape index (κ3) is 6.52. The van der Waals surface area contributed by atoms with Crippen LogP contribution in [0.1, 0.15) is 58.9 Å². The Labute approximate surface area is 204 Å². The molecule has 1 aliphatic rings. The maximum Gasteiger partial charge on any atom is 0.328 e. The Balaban J connectivity index is 2.54. The summed E-state index contributed by atoms with van der Waals surface area (Å²) < 4.78 is 10.3. The van der Waals surface area contributed by atoms with Crippen molar-refractivity contribution in [3.8, 4) is 0 Å². The Morgan fingerprint density at radius 2 is 1.91 bits per heavy atom. The largest absolute Gasteiger partial charge is 0.468 e. The molecular weight excluding hydrogens is 454 g/mol. The van der Waals surface area contributed by atoms with Crippen LogP contribution in [0.25, 0.3) is 0 Å². The van der Waals surface area contributed by atoms with Crippen LogP contribution in [0.2, 0.25) is 0 Å². The molecule has 1 aliphatic heterocycles. The van der Waals surface area contributed by atoms with Crippen LogP contribution in [-0.2, 0) is 23.9 Å². The minimum atomic E-state index is -0.972. The van der Waals surface area contributed by atoms with Gasteiger partial charge in [0.2, 0.25) is 5.91 Å². The number of amides is 1. The Morgan fingerprint density at radius 1 is 1.23 bits per heavy atom. The number of aliphatic imine (C=N–C) groups is 1. The number of non-ortho nitro benzene ring substituents is 1. The zero-order valence-corrected chi connectivity index (χ0v) is 21.0. The molecule has 2 rings (SSSR count). The van der Waals surface area contributed by atoms with E-state index in [1.54, 1.807) is 33.8 Å². The predicted molar refractivity (Wildman–Crippen MR) is 130 cm³/mol. The third-order valence-electron chi connectivity index (χ3n) is 5.92. The van der Waals surface area contributed by atoms with Crippen LogP contribution in [0.3, 0.4) is 0 Å². The molecule has 1 amide bonds. The minimum absolute atomic E-state index is 0.138. The van der Waals surface area contributed by atoms with Crippen LogP contribution in [0.5, 0.6) is 0 Å². The number of ether oxygens (including phenoxy) is 2. The van der Waals surface area contributed by atoms with Gasteiger partial charge in [0.1, 0.15) is 12.0 Å². The molecule has 3 atom stereocenters. The fourth-order valence-electron chi connectivity index (χ4n) is 4.08. The summed E-state index contributed by atoms with van der Waals surface area (Å²) in [5, 5.41) is 14.1. The Kier molecular flexibility index (Phi) is 9.68. The molecule has 1 aromatic carbocycles. The Morgan fingerprint density at radius 3 is 2.49 bits per heavy atom. The van der Waals surface area contributed by atoms with Gasteiger partial charge in [-0.05, 0) is 31.7 Å². The molecular formula is C25H33N3O7. The number of carbonyl (C=O) groups excluding carboxylic acids is 3. The summed E-state index contributed by atoms with van der Waals surface area (Å²) in [6, 6.07) is 4.85. The SMILES string of the molecule is CCCCOC(=O)[C@H](NC(=O)C1=C(C)N=C(C)C(C(=O)OC)[C@H]1c1cccc([N+](=O)[O-])c1)C(C)C. The van der Waals surface area contributed by atoms with Crippen molar-refractivity contribution in [2.24, 2.45) is 16.8 Å². The van der Waals surface area contributed by atoms with Crippen LogP contribution < -0.4 is 5.32 Å². The van der Waals surface area contributed by atoms with Gasteiger partial charge in [0.15, 0.2) is 0 Å². The molecule has 1 unspecified atom stereocenters. The molecule has 190 valence electrons. The van der Waals surface area contributed by atoms with E-state index in [4.69, 9.17) is 9.47 Å². The van der Waals surface area contributed by atoms with Crippen molar-refractivity contribution in [1.29, 1.82) is 0 Å². The van der Waals surface area contributed by atoms with Crippen LogP contribution in [0.4, 0.5) is 5.69 Å². The maximum absolute atomic E-state index is 13.6. The summed E-state index contributed by atoms with van der Waals surface area (Å²) in [6.07, 6.45) is 1.56. The van der Waals surface area contributed by atoms with Crippen molar-refractivity contribution in [3.05, 3.63) is 51.2 Å². The summed E-state index contributed by atoms with van der Waals surface area (Å²) in [5.74, 6) is -3.91. The Hall–Kier alpha value is -3.56. The topological polar surface area (TPSA) is 137 Å². The van der Waals surface area contributed by atoms with Gasteiger partial charge in [0.25, 0.3) is 5.69 Å². The summed E-state index contributed by atoms with van der Waals surface area (Å²) in [7, 11) is 1.23. The molecule has 0 saturated carbocycles. The number of allylic oxidation sites excluding steroid dienone is 1. The molecule has 0 aromatic heterocycles. The van der Waals surface area contributed by atoms with Gasteiger partial charge >= 0.3 is 11.9 Å². The third-order valence-corrected chi connectivity index (χ3v) is 5.92. The van der Waals surface area contributed by atoms with Gasteiger partial charge < -0.3 is 14.8 Å². The van der Waals surface area contributed by atoms with Crippen LogP contribution in [0.15, 0.2) is 40.5 Å². The molecule has 0 aliphatic carbocycles. The summed E-state index contributed by atoms with van der Waals surface area (Å²) in [4.78, 5) is 54.3. The monoisotopic (exact) mass is 487 g/mol. The van der Waals surface area contributed by atoms with E-state index >= 15 is 0 Å². The lowest BCUT2D eigenvalue weighted by Crippen LogP contribution is -2.48. The molecule has 35 heavy (non-hydrogen) atoms. The fraction of sp³-hybridized carbons (Fsp3) is 0.520. The van der Waals surface area contributed by atoms with E-state index in [1.807, 2.05) is 6.92 Å². The van der Waals surface area contributed by atoms with E-state index < -0.39 is 40.6 Å². The van der Waals surface area contributed by atoms with Gasteiger partial charge in [-0.3, -0.25) is 24.7 Å². The number of esters is 2. The highest BCUT2D eigenvalue weighted by Crippen LogP contribution is 2.40. The van der Waals surface area contributed by atoms with Crippen LogP contribution >= 0.6 is 0 Å². The summed E-state index contributed by atoms with van der Waals surface area (Å²) in [6.45, 7) is 9.06. The van der Waals surface area contributed by atoms with Gasteiger partial charge in [-0.1, -0.05) is 39.3 Å². The number of hydrogen-bond donors (Lipinski definition) is 1. The van der Waals surface area contributed by atoms with Gasteiger partial charge in [0, 0.05) is 35.0 Å². The van der Waals surface area contributed by atoms with E-state index in [9.17, 15) is 24.5 Å². The van der Waals surface area contributed by atoms with Gasteiger partial charge in [-0.15, -0.1) is 0 Å². The van der Waals surface area contributed by atoms with Crippen LogP contribution in [-0.4, -0.2) is 48.2 Å². The molecule has 10 heteroatoms. The molecule has 10 nitrogen and oxygen atoms in total. The first kappa shape index (κ1) is 27.7. The van der Waals surface area contributed by atoms with Crippen molar-refractivity contribution in [2.45, 2.75) is 59.4 Å². The van der Waals surface area contributed by atoms with E-state index in [0.717, 1.165) is 6.42 Å². The molecule has 0 radical (unpaired) electrons. The summed E-state index contributed by atoms with van der Waals surface area (Å²) in [5.41, 5.74) is 1.11. The molecule has 0 spiro atoms. The van der Waals surface area contributed by atoms with Crippen molar-refractivity contribution >= 4 is 29.2 Å². The number of nitro groups is 1. The number of hydrogen-bond acceptors (Lipinski definition) is 8. The number of nitrogens with zero attached hydrogens (tertiary/aromatic N) is 2. The average Bonchev–Trinajstić information content (AvgIpc) is 2.81. The summed E-state index contributed by atoms with van der Waals surface area (Å²) >= 11 is 0. The van der Waals surface area contributed by atoms with Crippen molar-refractivity contribution < 1.29 is 28.8 Å². The number of methoxy groups -OCH3 is 1. The lowest BCUT2D eigenvalue weighted by Gasteiger charge is -2.32. The van der Waals surface area contributed by atoms with Gasteiger partial charge in [0.05, 0.1) is 18.6 Å². The lowest BCUT2D eigenvalue weighted by atomic mass is 9.75. The van der Waals surface area contributed by atoms with Crippen molar-refractivity contribution in [2.75, 3.05) is 13.7 Å². The smallest absolute Gasteiger partial charge is 0.328 e. The maximum atomic E-state index is 13.6. The van der Waals surface area contributed by atoms with Crippen molar-refractivity contribution in [3.63, 3.8) is 0 Å². The molecule has 1 heterocycles. The van der Waals surface area contributed by atoms with E-state index in [1.165, 1.54) is 25.3 Å². The molecule has 1 N–H and O–H groups in total. The fourth-order valence-corrected chi connectivity index (χ4v) is 4.08. The second kappa shape index (κ2) is 12.2. The van der Waals surface area contributed by atoms with E-state index in [2.05, 4.69) is 10.3 Å². The molecule has 1 aromatic rings. The first-order valence-corrected chi connectivity index (χ1v) is 11.6. The predicted octanol–water partition coefficient (Wildman–Crippen LogP) is 3.70. The van der Waals surface area contributed by atoms with Gasteiger partial charge in [-0.2, -0.15) is 0 Å². The number of benzene rings is 1. The standard InChI is InChI=1S/C25H33N3O7/c1-7-8-12-35-25(31)22(14(2)3)27-23(29)19-15(4)26-16(5)20(24(30)34-6)21(19)17-10-9-11-18(13-17)28(32)33/h9-11,13-14,20-22H,7-8,12H2,1-6H3,(H,27,29)/t20?,21-,22+/m0/s1. The second-order valence-electron chi connectivity index (χ2n) is 8.80. The quantitative estimate of drug-likeness (QED) is 0.230. The zero-order chi connectivity index (χ0) is 26.3. The minimum Gasteiger partial charge on any atom is -0.468 e. The second-order valence-corrected chi connectivity index (χ2v) is 8.80. The number of rotatable bonds is 10. The first-order valence-electron chi connectivity index (χ1n) is 11.6. The number of nitrogens with one attached hydrogen (secondary N) is 1. The highest BCUT2D eigenvalue weighted by atomic mass is 16.6.